The van der Waals surface area contributed by atoms with Gasteiger partial charge in [-0.1, -0.05) is 6.07 Å². The first-order valence-corrected chi connectivity index (χ1v) is 9.34. The molecular weight excluding hydrogens is 435 g/mol. The van der Waals surface area contributed by atoms with Gasteiger partial charge in [0, 0.05) is 11.8 Å². The van der Waals surface area contributed by atoms with Crippen LogP contribution in [0.2, 0.25) is 0 Å². The first kappa shape index (κ1) is 21.7. The molecule has 32 heavy (non-hydrogen) atoms. The van der Waals surface area contributed by atoms with Gasteiger partial charge in [-0.05, 0) is 35.9 Å². The fraction of sp³-hybridized carbons (Fsp3) is 0.286. The molecule has 0 unspecified atom stereocenters. The molecule has 2 N–H and O–H groups in total. The number of benzene rings is 1. The van der Waals surface area contributed by atoms with E-state index in [1.165, 1.54) is 30.5 Å². The van der Waals surface area contributed by atoms with Crippen LogP contribution in [0.1, 0.15) is 22.4 Å². The van der Waals surface area contributed by atoms with Gasteiger partial charge in [-0.2, -0.15) is 18.4 Å². The van der Waals surface area contributed by atoms with Crippen molar-refractivity contribution in [1.29, 1.82) is 5.26 Å². The SMILES string of the molecule is N#Cc1ccc(/C(F)=C/c2ccc(F)c([C@@]34CO[C@@H](C(F)(F)F)[C@@H]3COC(N)=N4)c2)nc1. The minimum atomic E-state index is -4.72. The normalized spacial score (nSPS) is 25.5. The minimum Gasteiger partial charge on any atom is -0.465 e. The second kappa shape index (κ2) is 7.87. The van der Waals surface area contributed by atoms with Crippen LogP contribution in [-0.2, 0) is 15.0 Å². The average molecular weight is 450 g/mol. The van der Waals surface area contributed by atoms with Gasteiger partial charge >= 0.3 is 6.18 Å². The van der Waals surface area contributed by atoms with Crippen molar-refractivity contribution in [1.82, 2.24) is 4.98 Å². The summed E-state index contributed by atoms with van der Waals surface area (Å²) < 4.78 is 79.9. The van der Waals surface area contributed by atoms with Crippen molar-refractivity contribution in [2.45, 2.75) is 17.8 Å². The number of pyridine rings is 1. The Kier molecular flexibility index (Phi) is 5.34. The van der Waals surface area contributed by atoms with Gasteiger partial charge in [0.1, 0.15) is 23.3 Å². The van der Waals surface area contributed by atoms with Gasteiger partial charge in [-0.25, -0.2) is 13.8 Å². The number of alkyl halides is 3. The van der Waals surface area contributed by atoms with Crippen LogP contribution in [0.3, 0.4) is 0 Å². The van der Waals surface area contributed by atoms with E-state index in [1.807, 2.05) is 6.07 Å². The quantitative estimate of drug-likeness (QED) is 0.721. The predicted octanol–water partition coefficient (Wildman–Crippen LogP) is 3.68. The van der Waals surface area contributed by atoms with Crippen LogP contribution >= 0.6 is 0 Å². The van der Waals surface area contributed by atoms with Gasteiger partial charge in [0.05, 0.1) is 30.4 Å². The highest BCUT2D eigenvalue weighted by Crippen LogP contribution is 2.50. The summed E-state index contributed by atoms with van der Waals surface area (Å²) in [4.78, 5) is 7.85. The zero-order valence-electron chi connectivity index (χ0n) is 16.2. The van der Waals surface area contributed by atoms with Crippen LogP contribution in [0.5, 0.6) is 0 Å². The first-order valence-electron chi connectivity index (χ1n) is 9.34. The summed E-state index contributed by atoms with van der Waals surface area (Å²) in [6.07, 6.45) is -4.71. The minimum absolute atomic E-state index is 0.0689. The molecule has 0 spiro atoms. The Morgan fingerprint density at radius 1 is 1.28 bits per heavy atom. The van der Waals surface area contributed by atoms with E-state index in [-0.39, 0.29) is 28.4 Å². The van der Waals surface area contributed by atoms with Crippen molar-refractivity contribution in [3.63, 3.8) is 0 Å². The number of amidine groups is 1. The standard InChI is InChI=1S/C21H15F5N4O2/c22-15-3-1-11(6-16(23)17-4-2-12(7-27)8-29-17)5-13(15)20-10-32-18(21(24,25)26)14(20)9-31-19(28)30-20/h1-6,8,14,18H,9-10H2,(H2,28,30)/b16-6-/t14-,18+,20-/m0/s1. The summed E-state index contributed by atoms with van der Waals surface area (Å²) >= 11 is 0. The van der Waals surface area contributed by atoms with E-state index in [9.17, 15) is 22.0 Å². The van der Waals surface area contributed by atoms with E-state index in [4.69, 9.17) is 20.5 Å². The van der Waals surface area contributed by atoms with Crippen LogP contribution in [0.15, 0.2) is 41.5 Å². The van der Waals surface area contributed by atoms with Crippen LogP contribution in [0.25, 0.3) is 11.9 Å². The lowest BCUT2D eigenvalue weighted by Gasteiger charge is -2.36. The highest BCUT2D eigenvalue weighted by molar-refractivity contribution is 5.76. The largest absolute Gasteiger partial charge is 0.465 e. The second-order valence-corrected chi connectivity index (χ2v) is 7.34. The summed E-state index contributed by atoms with van der Waals surface area (Å²) in [5.41, 5.74) is 3.94. The van der Waals surface area contributed by atoms with Gasteiger partial charge in [-0.15, -0.1) is 0 Å². The van der Waals surface area contributed by atoms with Gasteiger partial charge in [0.2, 0.25) is 0 Å². The molecule has 4 rings (SSSR count). The lowest BCUT2D eigenvalue weighted by Crippen LogP contribution is -2.48. The Hall–Kier alpha value is -3.52. The topological polar surface area (TPSA) is 93.5 Å². The lowest BCUT2D eigenvalue weighted by atomic mass is 9.77. The van der Waals surface area contributed by atoms with E-state index in [1.54, 1.807) is 0 Å². The molecule has 166 valence electrons. The molecule has 1 aromatic carbocycles. The maximum absolute atomic E-state index is 14.8. The van der Waals surface area contributed by atoms with Crippen molar-refractivity contribution in [3.05, 3.63) is 64.7 Å². The van der Waals surface area contributed by atoms with Gasteiger partial charge in [-0.3, -0.25) is 4.98 Å². The van der Waals surface area contributed by atoms with Crippen molar-refractivity contribution in [3.8, 4) is 6.07 Å². The summed E-state index contributed by atoms with van der Waals surface area (Å²) in [5.74, 6) is -3.01. The molecule has 2 aliphatic rings. The van der Waals surface area contributed by atoms with Crippen LogP contribution in [0.4, 0.5) is 22.0 Å². The molecule has 6 nitrogen and oxygen atoms in total. The first-order chi connectivity index (χ1) is 15.1. The molecule has 1 fully saturated rings. The number of hydrogen-bond acceptors (Lipinski definition) is 6. The highest BCUT2D eigenvalue weighted by Gasteiger charge is 2.62. The number of nitrogens with two attached hydrogens (primary N) is 1. The third kappa shape index (κ3) is 3.78. The van der Waals surface area contributed by atoms with Crippen molar-refractivity contribution in [2.24, 2.45) is 16.6 Å². The number of nitriles is 1. The molecule has 2 aliphatic heterocycles. The Balaban J connectivity index is 1.76. The highest BCUT2D eigenvalue weighted by atomic mass is 19.4. The van der Waals surface area contributed by atoms with Crippen molar-refractivity contribution in [2.75, 3.05) is 13.2 Å². The number of halogens is 5. The summed E-state index contributed by atoms with van der Waals surface area (Å²) in [6, 6.07) is 7.62. The van der Waals surface area contributed by atoms with Crippen molar-refractivity contribution >= 4 is 17.9 Å². The number of aliphatic imine (C=N–C) groups is 1. The molecule has 3 heterocycles. The molecule has 0 amide bonds. The third-order valence-electron chi connectivity index (χ3n) is 5.39. The summed E-state index contributed by atoms with van der Waals surface area (Å²) in [7, 11) is 0. The van der Waals surface area contributed by atoms with Gasteiger partial charge in [0.25, 0.3) is 6.02 Å². The van der Waals surface area contributed by atoms with E-state index in [0.29, 0.717) is 0 Å². The van der Waals surface area contributed by atoms with Gasteiger partial charge < -0.3 is 15.2 Å². The second-order valence-electron chi connectivity index (χ2n) is 7.34. The Labute approximate surface area is 178 Å². The van der Waals surface area contributed by atoms with E-state index in [0.717, 1.165) is 12.1 Å². The maximum Gasteiger partial charge on any atom is 0.415 e. The van der Waals surface area contributed by atoms with E-state index < -0.39 is 48.6 Å². The molecule has 1 saturated heterocycles. The fourth-order valence-electron chi connectivity index (χ4n) is 3.88. The zero-order valence-corrected chi connectivity index (χ0v) is 16.2. The fourth-order valence-corrected chi connectivity index (χ4v) is 3.88. The van der Waals surface area contributed by atoms with Crippen molar-refractivity contribution < 1.29 is 31.4 Å². The molecular formula is C21H15F5N4O2. The smallest absolute Gasteiger partial charge is 0.415 e. The van der Waals surface area contributed by atoms with E-state index in [2.05, 4.69) is 9.98 Å². The lowest BCUT2D eigenvalue weighted by molar-refractivity contribution is -0.219. The number of nitrogens with zero attached hydrogens (tertiary/aromatic N) is 3. The average Bonchev–Trinajstić information content (AvgIpc) is 3.15. The molecule has 3 atom stereocenters. The van der Waals surface area contributed by atoms with Gasteiger partial charge in [0.15, 0.2) is 6.10 Å². The molecule has 0 aliphatic carbocycles. The Bertz CT molecular complexity index is 1140. The number of hydrogen-bond donors (Lipinski definition) is 1. The molecule has 0 saturated carbocycles. The summed E-state index contributed by atoms with van der Waals surface area (Å²) in [6.45, 7) is -1.04. The predicted molar refractivity (Wildman–Crippen MR) is 103 cm³/mol. The monoisotopic (exact) mass is 450 g/mol. The number of rotatable bonds is 3. The van der Waals surface area contributed by atoms with Crippen LogP contribution in [-0.4, -0.2) is 36.5 Å². The Morgan fingerprint density at radius 2 is 2.06 bits per heavy atom. The van der Waals surface area contributed by atoms with Crippen LogP contribution in [0, 0.1) is 23.1 Å². The Morgan fingerprint density at radius 3 is 2.72 bits per heavy atom. The number of aromatic nitrogens is 1. The molecule has 11 heteroatoms. The third-order valence-corrected chi connectivity index (χ3v) is 5.39. The van der Waals surface area contributed by atoms with Crippen LogP contribution < -0.4 is 5.73 Å². The maximum atomic E-state index is 14.8. The van der Waals surface area contributed by atoms with E-state index >= 15 is 0 Å². The summed E-state index contributed by atoms with van der Waals surface area (Å²) in [5, 5.41) is 8.80. The molecule has 0 radical (unpaired) electrons. The number of ether oxygens (including phenoxy) is 2. The molecule has 1 aromatic heterocycles. The number of fused-ring (bicyclic) bond motifs is 1. The molecule has 0 bridgehead atoms. The molecule has 2 aromatic rings. The zero-order chi connectivity index (χ0) is 23.1.